The molecule has 0 aromatic rings. The summed E-state index contributed by atoms with van der Waals surface area (Å²) in [7, 11) is 0. The van der Waals surface area contributed by atoms with Crippen molar-refractivity contribution in [1.29, 1.82) is 0 Å². The van der Waals surface area contributed by atoms with Crippen LogP contribution in [0.2, 0.25) is 0 Å². The molecule has 0 spiro atoms. The van der Waals surface area contributed by atoms with Crippen molar-refractivity contribution in [3.63, 3.8) is 0 Å². The van der Waals surface area contributed by atoms with E-state index in [1.165, 1.54) is 0 Å². The van der Waals surface area contributed by atoms with Crippen molar-refractivity contribution < 1.29 is 19.8 Å². The fraction of sp³-hybridized carbons (Fsp3) is 0.818. The van der Waals surface area contributed by atoms with Crippen LogP contribution in [0.3, 0.4) is 0 Å². The summed E-state index contributed by atoms with van der Waals surface area (Å²) in [4.78, 5) is 24.6. The maximum atomic E-state index is 12.0. The second-order valence-electron chi connectivity index (χ2n) is 4.77. The lowest BCUT2D eigenvalue weighted by Crippen LogP contribution is -2.54. The summed E-state index contributed by atoms with van der Waals surface area (Å²) in [6.45, 7) is 1.27. The number of carboxylic acids is 1. The number of hydrogen-bond acceptors (Lipinski definition) is 3. The molecule has 90 valence electrons. The smallest absolute Gasteiger partial charge is 0.307 e. The second-order valence-corrected chi connectivity index (χ2v) is 4.77. The topological polar surface area (TPSA) is 77.8 Å². The Balaban J connectivity index is 1.92. The lowest BCUT2D eigenvalue weighted by Gasteiger charge is -2.40. The van der Waals surface area contributed by atoms with E-state index < -0.39 is 11.9 Å². The first-order valence-electron chi connectivity index (χ1n) is 5.76. The number of aliphatic carboxylic acids is 1. The molecule has 2 N–H and O–H groups in total. The number of likely N-dealkylation sites (tertiary alicyclic amines) is 1. The van der Waals surface area contributed by atoms with Gasteiger partial charge in [-0.15, -0.1) is 0 Å². The summed E-state index contributed by atoms with van der Waals surface area (Å²) in [5, 5.41) is 17.9. The molecule has 2 atom stereocenters. The van der Waals surface area contributed by atoms with Crippen LogP contribution in [0.4, 0.5) is 0 Å². The first kappa shape index (κ1) is 11.4. The Hall–Kier alpha value is -1.10. The number of amides is 1. The van der Waals surface area contributed by atoms with Gasteiger partial charge in [0.05, 0.1) is 11.8 Å². The number of nitrogens with zero attached hydrogens (tertiary/aromatic N) is 1. The standard InChI is InChI=1S/C11H17NO4/c13-6-7-4-12(5-7)10(14)8-2-1-3-9(8)11(15)16/h7-9,13H,1-6H2,(H,15,16)/t8-,9+/m1/s1. The first-order chi connectivity index (χ1) is 7.63. The third-order valence-corrected chi connectivity index (χ3v) is 3.68. The fourth-order valence-corrected chi connectivity index (χ4v) is 2.65. The number of carbonyl (C=O) groups excluding carboxylic acids is 1. The molecule has 1 amide bonds. The zero-order valence-electron chi connectivity index (χ0n) is 9.13. The van der Waals surface area contributed by atoms with Gasteiger partial charge in [0.2, 0.25) is 5.91 Å². The predicted octanol–water partition coefficient (Wildman–Crippen LogP) is -0.0620. The quantitative estimate of drug-likeness (QED) is 0.708. The highest BCUT2D eigenvalue weighted by molar-refractivity contribution is 5.85. The van der Waals surface area contributed by atoms with Crippen molar-refractivity contribution in [3.8, 4) is 0 Å². The molecule has 16 heavy (non-hydrogen) atoms. The molecule has 0 aromatic carbocycles. The lowest BCUT2D eigenvalue weighted by molar-refractivity contribution is -0.152. The number of carbonyl (C=O) groups is 2. The van der Waals surface area contributed by atoms with Crippen LogP contribution < -0.4 is 0 Å². The Labute approximate surface area is 94.0 Å². The van der Waals surface area contributed by atoms with Gasteiger partial charge < -0.3 is 15.1 Å². The molecule has 2 rings (SSSR count). The Kier molecular flexibility index (Phi) is 3.14. The Morgan fingerprint density at radius 2 is 1.81 bits per heavy atom. The molecule has 1 aliphatic heterocycles. The number of rotatable bonds is 3. The van der Waals surface area contributed by atoms with E-state index >= 15 is 0 Å². The van der Waals surface area contributed by atoms with E-state index in [4.69, 9.17) is 10.2 Å². The SMILES string of the molecule is O=C(O)[C@H]1CCC[C@H]1C(=O)N1CC(CO)C1. The van der Waals surface area contributed by atoms with Gasteiger partial charge in [-0.1, -0.05) is 6.42 Å². The first-order valence-corrected chi connectivity index (χ1v) is 5.76. The maximum absolute atomic E-state index is 12.0. The van der Waals surface area contributed by atoms with Gasteiger partial charge in [-0.05, 0) is 12.8 Å². The summed E-state index contributed by atoms with van der Waals surface area (Å²) in [5.41, 5.74) is 0. The summed E-state index contributed by atoms with van der Waals surface area (Å²) in [6.07, 6.45) is 2.13. The summed E-state index contributed by atoms with van der Waals surface area (Å²) < 4.78 is 0. The summed E-state index contributed by atoms with van der Waals surface area (Å²) in [6, 6.07) is 0. The third-order valence-electron chi connectivity index (χ3n) is 3.68. The molecule has 0 bridgehead atoms. The van der Waals surface area contributed by atoms with Crippen molar-refractivity contribution in [2.45, 2.75) is 19.3 Å². The zero-order valence-corrected chi connectivity index (χ0v) is 9.13. The number of aliphatic hydroxyl groups is 1. The molecule has 2 aliphatic rings. The van der Waals surface area contributed by atoms with E-state index in [1.807, 2.05) is 0 Å². The molecule has 0 aromatic heterocycles. The van der Waals surface area contributed by atoms with Gasteiger partial charge in [-0.2, -0.15) is 0 Å². The van der Waals surface area contributed by atoms with Gasteiger partial charge in [0, 0.05) is 25.6 Å². The summed E-state index contributed by atoms with van der Waals surface area (Å²) in [5.74, 6) is -1.53. The normalized spacial score (nSPS) is 30.2. The highest BCUT2D eigenvalue weighted by Crippen LogP contribution is 2.34. The highest BCUT2D eigenvalue weighted by atomic mass is 16.4. The zero-order chi connectivity index (χ0) is 11.7. The number of aliphatic hydroxyl groups excluding tert-OH is 1. The Bertz CT molecular complexity index is 298. The molecule has 0 unspecified atom stereocenters. The minimum absolute atomic E-state index is 0.0328. The van der Waals surface area contributed by atoms with Crippen LogP contribution in [0, 0.1) is 17.8 Å². The van der Waals surface area contributed by atoms with Gasteiger partial charge in [-0.25, -0.2) is 0 Å². The molecule has 1 saturated heterocycles. The van der Waals surface area contributed by atoms with Crippen LogP contribution in [0.25, 0.3) is 0 Å². The van der Waals surface area contributed by atoms with Gasteiger partial charge in [0.1, 0.15) is 0 Å². The molecular weight excluding hydrogens is 210 g/mol. The Morgan fingerprint density at radius 3 is 2.38 bits per heavy atom. The van der Waals surface area contributed by atoms with E-state index in [0.717, 1.165) is 6.42 Å². The molecule has 5 nitrogen and oxygen atoms in total. The van der Waals surface area contributed by atoms with E-state index in [9.17, 15) is 9.59 Å². The molecule has 5 heteroatoms. The van der Waals surface area contributed by atoms with Crippen LogP contribution in [0.5, 0.6) is 0 Å². The fourth-order valence-electron chi connectivity index (χ4n) is 2.65. The molecule has 1 heterocycles. The predicted molar refractivity (Wildman–Crippen MR) is 55.6 cm³/mol. The molecule has 2 fully saturated rings. The van der Waals surface area contributed by atoms with Crippen molar-refractivity contribution in [3.05, 3.63) is 0 Å². The molecular formula is C11H17NO4. The van der Waals surface area contributed by atoms with Gasteiger partial charge in [0.15, 0.2) is 0 Å². The third kappa shape index (κ3) is 1.91. The molecule has 0 radical (unpaired) electrons. The number of hydrogen-bond donors (Lipinski definition) is 2. The molecule has 1 aliphatic carbocycles. The van der Waals surface area contributed by atoms with Crippen LogP contribution in [0.15, 0.2) is 0 Å². The number of carboxylic acid groups (broad SMARTS) is 1. The van der Waals surface area contributed by atoms with E-state index in [1.54, 1.807) is 4.90 Å². The lowest BCUT2D eigenvalue weighted by atomic mass is 9.91. The summed E-state index contributed by atoms with van der Waals surface area (Å²) >= 11 is 0. The van der Waals surface area contributed by atoms with Crippen LogP contribution >= 0.6 is 0 Å². The minimum atomic E-state index is -0.852. The molecule has 1 saturated carbocycles. The van der Waals surface area contributed by atoms with Crippen molar-refractivity contribution in [2.24, 2.45) is 17.8 Å². The Morgan fingerprint density at radius 1 is 1.19 bits per heavy atom. The minimum Gasteiger partial charge on any atom is -0.481 e. The van der Waals surface area contributed by atoms with E-state index in [0.29, 0.717) is 25.9 Å². The van der Waals surface area contributed by atoms with Crippen LogP contribution in [-0.2, 0) is 9.59 Å². The van der Waals surface area contributed by atoms with E-state index in [-0.39, 0.29) is 24.3 Å². The highest BCUT2D eigenvalue weighted by Gasteiger charge is 2.42. The average molecular weight is 227 g/mol. The van der Waals surface area contributed by atoms with Gasteiger partial charge in [0.25, 0.3) is 0 Å². The van der Waals surface area contributed by atoms with Crippen molar-refractivity contribution in [1.82, 2.24) is 4.90 Å². The van der Waals surface area contributed by atoms with Crippen molar-refractivity contribution in [2.75, 3.05) is 19.7 Å². The van der Waals surface area contributed by atoms with Gasteiger partial charge in [-0.3, -0.25) is 9.59 Å². The second kappa shape index (κ2) is 4.41. The largest absolute Gasteiger partial charge is 0.481 e. The van der Waals surface area contributed by atoms with Gasteiger partial charge >= 0.3 is 5.97 Å². The average Bonchev–Trinajstić information content (AvgIpc) is 2.63. The van der Waals surface area contributed by atoms with Crippen LogP contribution in [-0.4, -0.2) is 46.7 Å². The van der Waals surface area contributed by atoms with E-state index in [2.05, 4.69) is 0 Å². The maximum Gasteiger partial charge on any atom is 0.307 e. The van der Waals surface area contributed by atoms with Crippen LogP contribution in [0.1, 0.15) is 19.3 Å². The monoisotopic (exact) mass is 227 g/mol. The van der Waals surface area contributed by atoms with Crippen molar-refractivity contribution >= 4 is 11.9 Å².